The lowest BCUT2D eigenvalue weighted by Gasteiger charge is -2.37. The van der Waals surface area contributed by atoms with Gasteiger partial charge in [0, 0.05) is 26.2 Å². The van der Waals surface area contributed by atoms with E-state index in [-0.39, 0.29) is 5.91 Å². The van der Waals surface area contributed by atoms with Crippen molar-refractivity contribution in [2.24, 2.45) is 0 Å². The number of hydrogen-bond donors (Lipinski definition) is 0. The van der Waals surface area contributed by atoms with Gasteiger partial charge in [-0.25, -0.2) is 0 Å². The number of para-hydroxylation sites is 2. The first kappa shape index (κ1) is 18.9. The van der Waals surface area contributed by atoms with E-state index in [1.807, 2.05) is 53.4 Å². The van der Waals surface area contributed by atoms with Gasteiger partial charge in [-0.05, 0) is 43.3 Å². The predicted molar refractivity (Wildman–Crippen MR) is 105 cm³/mol. The molecule has 144 valence electrons. The highest BCUT2D eigenvalue weighted by molar-refractivity contribution is 5.81. The molecule has 1 atom stereocenters. The van der Waals surface area contributed by atoms with Crippen molar-refractivity contribution in [3.05, 3.63) is 48.5 Å². The molecule has 0 radical (unpaired) electrons. The Kier molecular flexibility index (Phi) is 6.06. The molecule has 2 aromatic rings. The zero-order valence-electron chi connectivity index (χ0n) is 16.1. The van der Waals surface area contributed by atoms with E-state index >= 15 is 0 Å². The summed E-state index contributed by atoms with van der Waals surface area (Å²) in [6.07, 6.45) is -0.531. The van der Waals surface area contributed by atoms with Crippen LogP contribution in [0.25, 0.3) is 0 Å². The minimum absolute atomic E-state index is 0.00509. The van der Waals surface area contributed by atoms with Crippen LogP contribution in [0.2, 0.25) is 0 Å². The molecule has 1 aliphatic rings. The third kappa shape index (κ3) is 4.45. The fourth-order valence-corrected chi connectivity index (χ4v) is 3.22. The molecule has 0 unspecified atom stereocenters. The van der Waals surface area contributed by atoms with Crippen LogP contribution >= 0.6 is 0 Å². The molecule has 27 heavy (non-hydrogen) atoms. The Labute approximate surface area is 160 Å². The summed E-state index contributed by atoms with van der Waals surface area (Å²) in [5.74, 6) is 2.28. The van der Waals surface area contributed by atoms with Gasteiger partial charge >= 0.3 is 0 Å². The Balaban J connectivity index is 1.55. The van der Waals surface area contributed by atoms with Crippen molar-refractivity contribution < 1.29 is 19.0 Å². The molecule has 1 heterocycles. The molecule has 1 saturated heterocycles. The number of nitrogens with zero attached hydrogens (tertiary/aromatic N) is 2. The van der Waals surface area contributed by atoms with Gasteiger partial charge in [-0.2, -0.15) is 0 Å². The molecule has 6 nitrogen and oxygen atoms in total. The molecular formula is C21H26N2O4. The van der Waals surface area contributed by atoms with Crippen molar-refractivity contribution in [2.45, 2.75) is 13.0 Å². The van der Waals surface area contributed by atoms with Crippen LogP contribution in [-0.2, 0) is 4.79 Å². The second-order valence-corrected chi connectivity index (χ2v) is 6.42. The molecule has 1 amide bonds. The molecule has 0 saturated carbocycles. The highest BCUT2D eigenvalue weighted by Gasteiger charge is 2.27. The highest BCUT2D eigenvalue weighted by atomic mass is 16.5. The summed E-state index contributed by atoms with van der Waals surface area (Å²) < 4.78 is 16.4. The maximum absolute atomic E-state index is 12.7. The Bertz CT molecular complexity index is 755. The number of carbonyl (C=O) groups is 1. The van der Waals surface area contributed by atoms with E-state index in [2.05, 4.69) is 4.90 Å². The van der Waals surface area contributed by atoms with Crippen molar-refractivity contribution in [3.8, 4) is 17.2 Å². The summed E-state index contributed by atoms with van der Waals surface area (Å²) in [5, 5.41) is 0. The van der Waals surface area contributed by atoms with Crippen LogP contribution in [0.4, 0.5) is 5.69 Å². The monoisotopic (exact) mass is 370 g/mol. The minimum atomic E-state index is -0.531. The van der Waals surface area contributed by atoms with Crippen LogP contribution in [0.5, 0.6) is 17.2 Å². The molecule has 0 bridgehead atoms. The van der Waals surface area contributed by atoms with Gasteiger partial charge in [-0.15, -0.1) is 0 Å². The molecule has 0 N–H and O–H groups in total. The fourth-order valence-electron chi connectivity index (χ4n) is 3.22. The summed E-state index contributed by atoms with van der Waals surface area (Å²) in [7, 11) is 3.30. The maximum Gasteiger partial charge on any atom is 0.263 e. The first-order chi connectivity index (χ1) is 13.1. The maximum atomic E-state index is 12.7. The van der Waals surface area contributed by atoms with Gasteiger partial charge in [0.2, 0.25) is 0 Å². The minimum Gasteiger partial charge on any atom is -0.497 e. The Morgan fingerprint density at radius 1 is 0.889 bits per heavy atom. The summed E-state index contributed by atoms with van der Waals surface area (Å²) in [4.78, 5) is 16.8. The van der Waals surface area contributed by atoms with Crippen LogP contribution in [0.1, 0.15) is 6.92 Å². The van der Waals surface area contributed by atoms with E-state index in [0.29, 0.717) is 18.8 Å². The molecule has 0 aromatic heterocycles. The molecule has 6 heteroatoms. The molecule has 1 fully saturated rings. The molecule has 0 aliphatic carbocycles. The van der Waals surface area contributed by atoms with Gasteiger partial charge in [0.1, 0.15) is 17.2 Å². The number of hydrogen-bond acceptors (Lipinski definition) is 5. The van der Waals surface area contributed by atoms with Crippen LogP contribution in [-0.4, -0.2) is 57.3 Å². The number of methoxy groups -OCH3 is 2. The molecule has 0 spiro atoms. The lowest BCUT2D eigenvalue weighted by atomic mass is 10.2. The van der Waals surface area contributed by atoms with Crippen LogP contribution in [0.15, 0.2) is 48.5 Å². The zero-order chi connectivity index (χ0) is 19.2. The number of benzene rings is 2. The van der Waals surface area contributed by atoms with Crippen molar-refractivity contribution in [3.63, 3.8) is 0 Å². The van der Waals surface area contributed by atoms with Gasteiger partial charge in [0.15, 0.2) is 6.10 Å². The Morgan fingerprint density at radius 3 is 2.15 bits per heavy atom. The van der Waals surface area contributed by atoms with E-state index in [4.69, 9.17) is 14.2 Å². The molecule has 1 aliphatic heterocycles. The summed E-state index contributed by atoms with van der Waals surface area (Å²) >= 11 is 0. The van der Waals surface area contributed by atoms with Crippen LogP contribution in [0.3, 0.4) is 0 Å². The lowest BCUT2D eigenvalue weighted by Crippen LogP contribution is -2.52. The van der Waals surface area contributed by atoms with Crippen LogP contribution < -0.4 is 19.1 Å². The second kappa shape index (κ2) is 8.66. The average molecular weight is 370 g/mol. The van der Waals surface area contributed by atoms with Gasteiger partial charge < -0.3 is 24.0 Å². The Morgan fingerprint density at radius 2 is 1.52 bits per heavy atom. The van der Waals surface area contributed by atoms with Gasteiger partial charge in [0.05, 0.1) is 19.9 Å². The first-order valence-electron chi connectivity index (χ1n) is 9.10. The fraction of sp³-hybridized carbons (Fsp3) is 0.381. The van der Waals surface area contributed by atoms with Gasteiger partial charge in [-0.1, -0.05) is 12.1 Å². The SMILES string of the molecule is COc1ccc(O[C@H](C)C(=O)N2CCN(c3ccccc3OC)CC2)cc1. The van der Waals surface area contributed by atoms with E-state index < -0.39 is 6.10 Å². The predicted octanol–water partition coefficient (Wildman–Crippen LogP) is 2.82. The number of anilines is 1. The Hall–Kier alpha value is -2.89. The van der Waals surface area contributed by atoms with Crippen molar-refractivity contribution in [1.82, 2.24) is 4.90 Å². The van der Waals surface area contributed by atoms with Gasteiger partial charge in [0.25, 0.3) is 5.91 Å². The number of amides is 1. The largest absolute Gasteiger partial charge is 0.497 e. The second-order valence-electron chi connectivity index (χ2n) is 6.42. The number of rotatable bonds is 6. The van der Waals surface area contributed by atoms with Crippen LogP contribution in [0, 0.1) is 0 Å². The van der Waals surface area contributed by atoms with Crippen molar-refractivity contribution in [1.29, 1.82) is 0 Å². The molecular weight excluding hydrogens is 344 g/mol. The average Bonchev–Trinajstić information content (AvgIpc) is 2.73. The third-order valence-electron chi connectivity index (χ3n) is 4.74. The standard InChI is InChI=1S/C21H26N2O4/c1-16(27-18-10-8-17(25-2)9-11-18)21(24)23-14-12-22(13-15-23)19-6-4-5-7-20(19)26-3/h4-11,16H,12-15H2,1-3H3/t16-/m1/s1. The number of piperazine rings is 1. The van der Waals surface area contributed by atoms with E-state index in [1.165, 1.54) is 0 Å². The van der Waals surface area contributed by atoms with Gasteiger partial charge in [-0.3, -0.25) is 4.79 Å². The number of ether oxygens (including phenoxy) is 3. The molecule has 3 rings (SSSR count). The smallest absolute Gasteiger partial charge is 0.263 e. The van der Waals surface area contributed by atoms with E-state index in [9.17, 15) is 4.79 Å². The number of carbonyl (C=O) groups excluding carboxylic acids is 1. The summed E-state index contributed by atoms with van der Waals surface area (Å²) in [6, 6.07) is 15.2. The topological polar surface area (TPSA) is 51.2 Å². The quantitative estimate of drug-likeness (QED) is 0.783. The van der Waals surface area contributed by atoms with Crippen molar-refractivity contribution in [2.75, 3.05) is 45.3 Å². The normalized spacial score (nSPS) is 15.2. The summed E-state index contributed by atoms with van der Waals surface area (Å²) in [6.45, 7) is 4.64. The highest BCUT2D eigenvalue weighted by Crippen LogP contribution is 2.28. The lowest BCUT2D eigenvalue weighted by molar-refractivity contribution is -0.138. The summed E-state index contributed by atoms with van der Waals surface area (Å²) in [5.41, 5.74) is 1.06. The zero-order valence-corrected chi connectivity index (χ0v) is 16.1. The van der Waals surface area contributed by atoms with E-state index in [1.54, 1.807) is 21.1 Å². The molecule has 2 aromatic carbocycles. The van der Waals surface area contributed by atoms with E-state index in [0.717, 1.165) is 30.3 Å². The first-order valence-corrected chi connectivity index (χ1v) is 9.10. The third-order valence-corrected chi connectivity index (χ3v) is 4.74. The van der Waals surface area contributed by atoms with Crippen molar-refractivity contribution >= 4 is 11.6 Å².